The molecule has 0 spiro atoms. The molecule has 2 aromatic carbocycles. The van der Waals surface area contributed by atoms with Gasteiger partial charge in [0, 0.05) is 17.2 Å². The highest BCUT2D eigenvalue weighted by atomic mass is 19.1. The highest BCUT2D eigenvalue weighted by molar-refractivity contribution is 5.84. The van der Waals surface area contributed by atoms with Crippen molar-refractivity contribution in [3.8, 4) is 11.4 Å². The predicted octanol–water partition coefficient (Wildman–Crippen LogP) is 3.65. The van der Waals surface area contributed by atoms with Crippen molar-refractivity contribution >= 4 is 17.0 Å². The molecule has 27 heavy (non-hydrogen) atoms. The van der Waals surface area contributed by atoms with Crippen molar-refractivity contribution in [3.05, 3.63) is 66.0 Å². The topological polar surface area (TPSA) is 68.5 Å². The lowest BCUT2D eigenvalue weighted by atomic mass is 10.2. The van der Waals surface area contributed by atoms with Gasteiger partial charge in [0.25, 0.3) is 0 Å². The molecule has 1 saturated carbocycles. The standard InChI is InChI=1S/C20H17FN6/c21-16-9-5-4-8-14(16)12-27-20-17(25-26-27)19(22-15-10-11-15)23-18(24-20)13-6-2-1-3-7-13/h1-9,15H,10-12H2,(H,22,23,24). The van der Waals surface area contributed by atoms with E-state index in [2.05, 4.69) is 25.6 Å². The largest absolute Gasteiger partial charge is 0.365 e. The lowest BCUT2D eigenvalue weighted by Crippen LogP contribution is -2.08. The molecule has 0 amide bonds. The maximum absolute atomic E-state index is 14.1. The Hall–Kier alpha value is -3.35. The zero-order valence-corrected chi connectivity index (χ0v) is 14.5. The average molecular weight is 360 g/mol. The van der Waals surface area contributed by atoms with Gasteiger partial charge in [-0.3, -0.25) is 0 Å². The molecule has 7 heteroatoms. The summed E-state index contributed by atoms with van der Waals surface area (Å²) in [7, 11) is 0. The second-order valence-corrected chi connectivity index (χ2v) is 6.69. The minimum absolute atomic E-state index is 0.261. The van der Waals surface area contributed by atoms with Gasteiger partial charge >= 0.3 is 0 Å². The maximum Gasteiger partial charge on any atom is 0.184 e. The van der Waals surface area contributed by atoms with E-state index in [4.69, 9.17) is 0 Å². The number of benzene rings is 2. The predicted molar refractivity (Wildman–Crippen MR) is 101 cm³/mol. The summed E-state index contributed by atoms with van der Waals surface area (Å²) in [5, 5.41) is 11.9. The van der Waals surface area contributed by atoms with Crippen molar-refractivity contribution in [2.75, 3.05) is 5.32 Å². The first-order chi connectivity index (χ1) is 13.3. The lowest BCUT2D eigenvalue weighted by molar-refractivity contribution is 0.582. The van der Waals surface area contributed by atoms with Crippen LogP contribution < -0.4 is 5.32 Å². The van der Waals surface area contributed by atoms with Crippen molar-refractivity contribution in [3.63, 3.8) is 0 Å². The van der Waals surface area contributed by atoms with Gasteiger partial charge in [0.2, 0.25) is 0 Å². The quantitative estimate of drug-likeness (QED) is 0.588. The van der Waals surface area contributed by atoms with Crippen LogP contribution in [-0.4, -0.2) is 31.0 Å². The molecule has 2 aromatic heterocycles. The number of hydrogen-bond acceptors (Lipinski definition) is 5. The van der Waals surface area contributed by atoms with E-state index < -0.39 is 0 Å². The first-order valence-electron chi connectivity index (χ1n) is 8.94. The SMILES string of the molecule is Fc1ccccc1Cn1nnc2c(NC3CC3)nc(-c3ccccc3)nc21. The second-order valence-electron chi connectivity index (χ2n) is 6.69. The van der Waals surface area contributed by atoms with E-state index in [9.17, 15) is 4.39 Å². The monoisotopic (exact) mass is 360 g/mol. The fraction of sp³-hybridized carbons (Fsp3) is 0.200. The van der Waals surface area contributed by atoms with E-state index in [0.29, 0.717) is 34.4 Å². The molecule has 0 bridgehead atoms. The molecule has 5 rings (SSSR count). The lowest BCUT2D eigenvalue weighted by Gasteiger charge is -2.08. The number of fused-ring (bicyclic) bond motifs is 1. The third-order valence-electron chi connectivity index (χ3n) is 4.59. The van der Waals surface area contributed by atoms with Gasteiger partial charge in [-0.2, -0.15) is 0 Å². The van der Waals surface area contributed by atoms with Crippen LogP contribution in [0.3, 0.4) is 0 Å². The van der Waals surface area contributed by atoms with E-state index in [1.165, 1.54) is 6.07 Å². The number of aromatic nitrogens is 5. The molecule has 134 valence electrons. The highest BCUT2D eigenvalue weighted by Crippen LogP contribution is 2.29. The van der Waals surface area contributed by atoms with Crippen molar-refractivity contribution in [1.82, 2.24) is 25.0 Å². The van der Waals surface area contributed by atoms with Crippen molar-refractivity contribution in [2.24, 2.45) is 0 Å². The number of nitrogens with one attached hydrogen (secondary N) is 1. The van der Waals surface area contributed by atoms with Crippen LogP contribution in [0.25, 0.3) is 22.6 Å². The van der Waals surface area contributed by atoms with Crippen LogP contribution in [0.15, 0.2) is 54.6 Å². The van der Waals surface area contributed by atoms with E-state index in [1.54, 1.807) is 16.8 Å². The fourth-order valence-corrected chi connectivity index (χ4v) is 2.99. The smallest absolute Gasteiger partial charge is 0.184 e. The second kappa shape index (κ2) is 6.42. The van der Waals surface area contributed by atoms with Crippen LogP contribution in [-0.2, 0) is 6.54 Å². The van der Waals surface area contributed by atoms with Gasteiger partial charge in [-0.15, -0.1) is 5.10 Å². The summed E-state index contributed by atoms with van der Waals surface area (Å²) in [6, 6.07) is 16.9. The zero-order chi connectivity index (χ0) is 18.2. The minimum atomic E-state index is -0.269. The Morgan fingerprint density at radius 2 is 1.78 bits per heavy atom. The number of nitrogens with zero attached hydrogens (tertiary/aromatic N) is 5. The van der Waals surface area contributed by atoms with Crippen LogP contribution in [0.2, 0.25) is 0 Å². The van der Waals surface area contributed by atoms with Crippen molar-refractivity contribution in [1.29, 1.82) is 0 Å². The Labute approximate surface area is 155 Å². The van der Waals surface area contributed by atoms with Gasteiger partial charge in [-0.1, -0.05) is 53.7 Å². The van der Waals surface area contributed by atoms with Crippen molar-refractivity contribution < 1.29 is 4.39 Å². The number of anilines is 1. The van der Waals surface area contributed by atoms with Gasteiger partial charge in [0.1, 0.15) is 5.82 Å². The Kier molecular flexibility index (Phi) is 3.78. The first-order valence-corrected chi connectivity index (χ1v) is 8.94. The minimum Gasteiger partial charge on any atom is -0.365 e. The fourth-order valence-electron chi connectivity index (χ4n) is 2.99. The molecule has 0 unspecified atom stereocenters. The summed E-state index contributed by atoms with van der Waals surface area (Å²) >= 11 is 0. The number of hydrogen-bond donors (Lipinski definition) is 1. The molecule has 0 atom stereocenters. The third kappa shape index (κ3) is 3.12. The summed E-state index contributed by atoms with van der Waals surface area (Å²) in [5.41, 5.74) is 2.66. The van der Waals surface area contributed by atoms with Gasteiger partial charge in [0.05, 0.1) is 6.54 Å². The van der Waals surface area contributed by atoms with Crippen molar-refractivity contribution in [2.45, 2.75) is 25.4 Å². The normalized spacial score (nSPS) is 13.8. The molecule has 1 N–H and O–H groups in total. The molecule has 4 aromatic rings. The van der Waals surface area contributed by atoms with Gasteiger partial charge in [0.15, 0.2) is 22.8 Å². The molecular weight excluding hydrogens is 343 g/mol. The Morgan fingerprint density at radius 1 is 1.00 bits per heavy atom. The van der Waals surface area contributed by atoms with Gasteiger partial charge in [-0.25, -0.2) is 19.0 Å². The molecule has 1 fully saturated rings. The van der Waals surface area contributed by atoms with Gasteiger partial charge in [-0.05, 0) is 18.9 Å². The summed E-state index contributed by atoms with van der Waals surface area (Å²) in [6.07, 6.45) is 2.24. The molecular formula is C20H17FN6. The Balaban J connectivity index is 1.63. The van der Waals surface area contributed by atoms with E-state index in [1.807, 2.05) is 36.4 Å². The molecule has 6 nitrogen and oxygen atoms in total. The third-order valence-corrected chi connectivity index (χ3v) is 4.59. The molecule has 0 radical (unpaired) electrons. The van der Waals surface area contributed by atoms with Crippen LogP contribution >= 0.6 is 0 Å². The Bertz CT molecular complexity index is 1100. The summed E-state index contributed by atoms with van der Waals surface area (Å²) in [4.78, 5) is 9.36. The average Bonchev–Trinajstić information content (AvgIpc) is 3.43. The highest BCUT2D eigenvalue weighted by Gasteiger charge is 2.25. The Morgan fingerprint density at radius 3 is 2.56 bits per heavy atom. The molecule has 1 aliphatic rings. The first kappa shape index (κ1) is 15.9. The van der Waals surface area contributed by atoms with Gasteiger partial charge < -0.3 is 5.32 Å². The number of halogens is 1. The maximum atomic E-state index is 14.1. The van der Waals surface area contributed by atoms with E-state index >= 15 is 0 Å². The van der Waals surface area contributed by atoms with E-state index in [0.717, 1.165) is 18.4 Å². The molecule has 0 aliphatic heterocycles. The molecule has 2 heterocycles. The van der Waals surface area contributed by atoms with Crippen LogP contribution in [0.4, 0.5) is 10.2 Å². The van der Waals surface area contributed by atoms with Crippen LogP contribution in [0, 0.1) is 5.82 Å². The molecule has 1 aliphatic carbocycles. The van der Waals surface area contributed by atoms with Crippen LogP contribution in [0.5, 0.6) is 0 Å². The van der Waals surface area contributed by atoms with Crippen LogP contribution in [0.1, 0.15) is 18.4 Å². The molecule has 0 saturated heterocycles. The van der Waals surface area contributed by atoms with E-state index in [-0.39, 0.29) is 12.4 Å². The summed E-state index contributed by atoms with van der Waals surface area (Å²) in [5.74, 6) is 1.01. The summed E-state index contributed by atoms with van der Waals surface area (Å²) < 4.78 is 15.7. The summed E-state index contributed by atoms with van der Waals surface area (Å²) in [6.45, 7) is 0.261. The number of rotatable bonds is 5. The zero-order valence-electron chi connectivity index (χ0n) is 14.5.